The molecule has 1 aromatic carbocycles. The van der Waals surface area contributed by atoms with E-state index in [0.717, 1.165) is 44.0 Å². The number of aliphatic imine (C=N–C) groups is 1. The van der Waals surface area contributed by atoms with Gasteiger partial charge in [0.1, 0.15) is 0 Å². The van der Waals surface area contributed by atoms with Crippen molar-refractivity contribution in [1.82, 2.24) is 10.2 Å². The van der Waals surface area contributed by atoms with Crippen LogP contribution in [0.3, 0.4) is 0 Å². The first-order valence-electron chi connectivity index (χ1n) is 9.62. The van der Waals surface area contributed by atoms with E-state index in [1.54, 1.807) is 14.2 Å². The second-order valence-corrected chi connectivity index (χ2v) is 6.87. The fourth-order valence-corrected chi connectivity index (χ4v) is 3.39. The molecule has 146 valence electrons. The Morgan fingerprint density at radius 1 is 1.27 bits per heavy atom. The lowest BCUT2D eigenvalue weighted by Gasteiger charge is -2.33. The van der Waals surface area contributed by atoms with E-state index in [1.807, 2.05) is 18.2 Å². The molecular weight excluding hydrogens is 328 g/mol. The average molecular weight is 363 g/mol. The average Bonchev–Trinajstić information content (AvgIpc) is 2.66. The summed E-state index contributed by atoms with van der Waals surface area (Å²) in [5.41, 5.74) is 7.14. The van der Waals surface area contributed by atoms with E-state index in [0.29, 0.717) is 12.0 Å². The summed E-state index contributed by atoms with van der Waals surface area (Å²) in [7, 11) is 3.29. The van der Waals surface area contributed by atoms with Crippen molar-refractivity contribution in [3.8, 4) is 11.5 Å². The molecule has 0 aliphatic carbocycles. The van der Waals surface area contributed by atoms with Crippen LogP contribution in [0, 0.1) is 0 Å². The van der Waals surface area contributed by atoms with Gasteiger partial charge in [0.05, 0.1) is 14.2 Å². The second-order valence-electron chi connectivity index (χ2n) is 6.87. The predicted molar refractivity (Wildman–Crippen MR) is 107 cm³/mol. The minimum Gasteiger partial charge on any atom is -0.493 e. The molecule has 0 radical (unpaired) electrons. The number of methoxy groups -OCH3 is 2. The van der Waals surface area contributed by atoms with Gasteiger partial charge in [-0.2, -0.15) is 0 Å². The first-order valence-corrected chi connectivity index (χ1v) is 9.62. The van der Waals surface area contributed by atoms with Crippen LogP contribution in [0.15, 0.2) is 23.2 Å². The lowest BCUT2D eigenvalue weighted by Crippen LogP contribution is -2.38. The van der Waals surface area contributed by atoms with Crippen molar-refractivity contribution in [1.29, 1.82) is 0 Å². The molecule has 0 amide bonds. The number of rotatable bonds is 9. The van der Waals surface area contributed by atoms with Gasteiger partial charge in [0.2, 0.25) is 0 Å². The molecule has 1 unspecified atom stereocenters. The Kier molecular flexibility index (Phi) is 8.54. The number of hydrogen-bond acceptors (Lipinski definition) is 4. The third-order valence-electron chi connectivity index (χ3n) is 4.99. The highest BCUT2D eigenvalue weighted by Gasteiger charge is 2.16. The monoisotopic (exact) mass is 362 g/mol. The number of nitrogens with two attached hydrogens (primary N) is 1. The quantitative estimate of drug-likeness (QED) is 0.401. The van der Waals surface area contributed by atoms with Gasteiger partial charge in [0, 0.05) is 25.7 Å². The molecule has 0 spiro atoms. The topological polar surface area (TPSA) is 72.1 Å². The maximum absolute atomic E-state index is 5.97. The Bertz CT molecular complexity index is 577. The van der Waals surface area contributed by atoms with Gasteiger partial charge in [-0.1, -0.05) is 12.5 Å². The standard InChI is InChI=1S/C20H34N4O2/c1-16-7-4-5-13-24(16)14-6-11-22-20(21)23-12-10-17-8-9-18(25-2)19(15-17)26-3/h8-9,15-16H,4-7,10-14H2,1-3H3,(H3,21,22,23). The van der Waals surface area contributed by atoms with E-state index in [2.05, 4.69) is 22.1 Å². The number of ether oxygens (including phenoxy) is 2. The lowest BCUT2D eigenvalue weighted by molar-refractivity contribution is 0.160. The Labute approximate surface area is 157 Å². The summed E-state index contributed by atoms with van der Waals surface area (Å²) >= 11 is 0. The summed E-state index contributed by atoms with van der Waals surface area (Å²) in [6.45, 7) is 6.19. The van der Waals surface area contributed by atoms with E-state index in [9.17, 15) is 0 Å². The largest absolute Gasteiger partial charge is 0.493 e. The van der Waals surface area contributed by atoms with Crippen molar-refractivity contribution < 1.29 is 9.47 Å². The van der Waals surface area contributed by atoms with Crippen LogP contribution in [-0.2, 0) is 6.42 Å². The van der Waals surface area contributed by atoms with Crippen molar-refractivity contribution in [3.05, 3.63) is 23.8 Å². The Morgan fingerprint density at radius 3 is 2.81 bits per heavy atom. The maximum Gasteiger partial charge on any atom is 0.188 e. The van der Waals surface area contributed by atoms with Crippen LogP contribution in [0.2, 0.25) is 0 Å². The molecule has 1 fully saturated rings. The summed E-state index contributed by atoms with van der Waals surface area (Å²) in [5.74, 6) is 2.02. The van der Waals surface area contributed by atoms with Crippen molar-refractivity contribution in [3.63, 3.8) is 0 Å². The molecule has 1 aromatic rings. The van der Waals surface area contributed by atoms with Crippen molar-refractivity contribution in [2.75, 3.05) is 40.4 Å². The van der Waals surface area contributed by atoms with Gasteiger partial charge in [0.25, 0.3) is 0 Å². The van der Waals surface area contributed by atoms with Gasteiger partial charge >= 0.3 is 0 Å². The minimum atomic E-state index is 0.525. The van der Waals surface area contributed by atoms with Crippen molar-refractivity contribution in [2.24, 2.45) is 10.7 Å². The summed E-state index contributed by atoms with van der Waals surface area (Å²) in [6.07, 6.45) is 5.92. The highest BCUT2D eigenvalue weighted by molar-refractivity contribution is 5.77. The molecule has 1 aliphatic rings. The molecule has 0 aromatic heterocycles. The molecule has 0 bridgehead atoms. The van der Waals surface area contributed by atoms with E-state index < -0.39 is 0 Å². The zero-order valence-electron chi connectivity index (χ0n) is 16.5. The highest BCUT2D eigenvalue weighted by Crippen LogP contribution is 2.27. The molecule has 6 heteroatoms. The minimum absolute atomic E-state index is 0.525. The zero-order valence-corrected chi connectivity index (χ0v) is 16.5. The van der Waals surface area contributed by atoms with E-state index in [1.165, 1.54) is 31.4 Å². The number of likely N-dealkylation sites (tertiary alicyclic amines) is 1. The number of hydrogen-bond donors (Lipinski definition) is 2. The number of nitrogens with zero attached hydrogens (tertiary/aromatic N) is 2. The van der Waals surface area contributed by atoms with Crippen molar-refractivity contribution in [2.45, 2.75) is 45.1 Å². The molecule has 2 rings (SSSR count). The third kappa shape index (κ3) is 6.41. The Balaban J connectivity index is 1.66. The molecule has 1 saturated heterocycles. The highest BCUT2D eigenvalue weighted by atomic mass is 16.5. The molecule has 1 atom stereocenters. The van der Waals surface area contributed by atoms with Gasteiger partial charge in [-0.15, -0.1) is 0 Å². The van der Waals surface area contributed by atoms with Crippen LogP contribution in [-0.4, -0.2) is 57.3 Å². The van der Waals surface area contributed by atoms with Gasteiger partial charge < -0.3 is 25.4 Å². The van der Waals surface area contributed by atoms with E-state index in [4.69, 9.17) is 15.2 Å². The first-order chi connectivity index (χ1) is 12.6. The van der Waals surface area contributed by atoms with Crippen LogP contribution < -0.4 is 20.5 Å². The molecule has 0 saturated carbocycles. The number of benzene rings is 1. The van der Waals surface area contributed by atoms with Crippen LogP contribution in [0.25, 0.3) is 0 Å². The summed E-state index contributed by atoms with van der Waals surface area (Å²) in [4.78, 5) is 7.01. The molecule has 26 heavy (non-hydrogen) atoms. The van der Waals surface area contributed by atoms with E-state index >= 15 is 0 Å². The summed E-state index contributed by atoms with van der Waals surface area (Å²) in [6, 6.07) is 6.67. The second kappa shape index (κ2) is 10.9. The van der Waals surface area contributed by atoms with Gasteiger partial charge in [-0.3, -0.25) is 4.99 Å². The molecule has 1 aliphatic heterocycles. The fraction of sp³-hybridized carbons (Fsp3) is 0.650. The first kappa shape index (κ1) is 20.4. The summed E-state index contributed by atoms with van der Waals surface area (Å²) < 4.78 is 10.6. The van der Waals surface area contributed by atoms with Crippen LogP contribution in [0.5, 0.6) is 11.5 Å². The zero-order chi connectivity index (χ0) is 18.8. The van der Waals surface area contributed by atoms with Crippen LogP contribution >= 0.6 is 0 Å². The lowest BCUT2D eigenvalue weighted by atomic mass is 10.0. The Morgan fingerprint density at radius 2 is 2.08 bits per heavy atom. The van der Waals surface area contributed by atoms with Crippen LogP contribution in [0.4, 0.5) is 0 Å². The Hall–Kier alpha value is -1.95. The van der Waals surface area contributed by atoms with Gasteiger partial charge in [0.15, 0.2) is 17.5 Å². The fourth-order valence-electron chi connectivity index (χ4n) is 3.39. The maximum atomic E-state index is 5.97. The smallest absolute Gasteiger partial charge is 0.188 e. The van der Waals surface area contributed by atoms with E-state index in [-0.39, 0.29) is 0 Å². The molecule has 6 nitrogen and oxygen atoms in total. The SMILES string of the molecule is COc1ccc(CCNC(N)=NCCCN2CCCCC2C)cc1OC. The number of guanidine groups is 1. The van der Waals surface area contributed by atoms with Gasteiger partial charge in [-0.05, 0) is 56.8 Å². The van der Waals surface area contributed by atoms with Crippen LogP contribution in [0.1, 0.15) is 38.2 Å². The third-order valence-corrected chi connectivity index (χ3v) is 4.99. The normalized spacial score (nSPS) is 18.6. The molecule has 1 heterocycles. The summed E-state index contributed by atoms with van der Waals surface area (Å²) in [5, 5.41) is 3.19. The predicted octanol–water partition coefficient (Wildman–Crippen LogP) is 2.42. The number of piperidine rings is 1. The van der Waals surface area contributed by atoms with Gasteiger partial charge in [-0.25, -0.2) is 0 Å². The number of nitrogens with one attached hydrogen (secondary N) is 1. The molecular formula is C20H34N4O2. The van der Waals surface area contributed by atoms with Crippen molar-refractivity contribution >= 4 is 5.96 Å². The molecule has 3 N–H and O–H groups in total.